The number of hydrogen-bond acceptors (Lipinski definition) is 2. The van der Waals surface area contributed by atoms with E-state index < -0.39 is 0 Å². The number of alkyl halides is 1. The third-order valence-electron chi connectivity index (χ3n) is 1.45. The lowest BCUT2D eigenvalue weighted by Gasteiger charge is -2.21. The average Bonchev–Trinajstić information content (AvgIpc) is 1.99. The van der Waals surface area contributed by atoms with Crippen molar-refractivity contribution in [1.82, 2.24) is 5.32 Å². The number of methoxy groups -OCH3 is 1. The molecule has 0 rings (SSSR count). The Hall–Kier alpha value is 0.210. The van der Waals surface area contributed by atoms with Crippen molar-refractivity contribution in [3.63, 3.8) is 0 Å². The summed E-state index contributed by atoms with van der Waals surface area (Å²) in [6, 6.07) is 0. The van der Waals surface area contributed by atoms with Gasteiger partial charge in [0, 0.05) is 26.1 Å². The third kappa shape index (κ3) is 6.60. The molecule has 0 aromatic rings. The van der Waals surface area contributed by atoms with Gasteiger partial charge in [-0.25, -0.2) is 0 Å². The highest BCUT2D eigenvalue weighted by atomic mass is 35.5. The van der Waals surface area contributed by atoms with E-state index in [9.17, 15) is 0 Å². The molecule has 0 unspecified atom stereocenters. The molecule has 0 saturated heterocycles. The van der Waals surface area contributed by atoms with Crippen LogP contribution in [0.3, 0.4) is 0 Å². The predicted molar refractivity (Wildman–Crippen MR) is 49.2 cm³/mol. The standard InChI is InChI=1S/C8H18ClNO/c1-8(2,6-9)7-10-4-5-11-3/h10H,4-7H2,1-3H3. The summed E-state index contributed by atoms with van der Waals surface area (Å²) in [5, 5.41) is 3.27. The van der Waals surface area contributed by atoms with Crippen LogP contribution < -0.4 is 5.32 Å². The van der Waals surface area contributed by atoms with Gasteiger partial charge in [0.15, 0.2) is 0 Å². The highest BCUT2D eigenvalue weighted by Crippen LogP contribution is 2.14. The molecule has 0 aliphatic rings. The van der Waals surface area contributed by atoms with Gasteiger partial charge in [-0.2, -0.15) is 0 Å². The summed E-state index contributed by atoms with van der Waals surface area (Å²) in [4.78, 5) is 0. The van der Waals surface area contributed by atoms with Gasteiger partial charge in [-0.1, -0.05) is 13.8 Å². The van der Waals surface area contributed by atoms with Gasteiger partial charge in [0.2, 0.25) is 0 Å². The highest BCUT2D eigenvalue weighted by molar-refractivity contribution is 6.18. The van der Waals surface area contributed by atoms with Gasteiger partial charge < -0.3 is 10.1 Å². The highest BCUT2D eigenvalue weighted by Gasteiger charge is 2.14. The SMILES string of the molecule is COCCNCC(C)(C)CCl. The number of nitrogens with one attached hydrogen (secondary N) is 1. The van der Waals surface area contributed by atoms with Crippen LogP contribution in [-0.2, 0) is 4.74 Å². The molecule has 0 bridgehead atoms. The fraction of sp³-hybridized carbons (Fsp3) is 1.00. The molecule has 11 heavy (non-hydrogen) atoms. The second-order valence-electron chi connectivity index (χ2n) is 3.47. The summed E-state index contributed by atoms with van der Waals surface area (Å²) < 4.78 is 4.89. The zero-order valence-electron chi connectivity index (χ0n) is 7.61. The molecule has 0 aliphatic carbocycles. The molecular weight excluding hydrogens is 162 g/mol. The molecule has 0 atom stereocenters. The van der Waals surface area contributed by atoms with Crippen LogP contribution in [0, 0.1) is 5.41 Å². The molecule has 0 aromatic heterocycles. The largest absolute Gasteiger partial charge is 0.383 e. The van der Waals surface area contributed by atoms with Crippen molar-refractivity contribution < 1.29 is 4.74 Å². The van der Waals surface area contributed by atoms with Crippen LogP contribution in [0.1, 0.15) is 13.8 Å². The fourth-order valence-electron chi connectivity index (χ4n) is 0.648. The van der Waals surface area contributed by atoms with Crippen molar-refractivity contribution in [2.75, 3.05) is 32.7 Å². The molecule has 68 valence electrons. The van der Waals surface area contributed by atoms with Gasteiger partial charge in [0.1, 0.15) is 0 Å². The van der Waals surface area contributed by atoms with Gasteiger partial charge in [-0.05, 0) is 5.41 Å². The van der Waals surface area contributed by atoms with E-state index in [-0.39, 0.29) is 5.41 Å². The van der Waals surface area contributed by atoms with Crippen LogP contribution in [0.2, 0.25) is 0 Å². The van der Waals surface area contributed by atoms with E-state index in [1.807, 2.05) is 0 Å². The first kappa shape index (κ1) is 11.2. The van der Waals surface area contributed by atoms with E-state index in [2.05, 4.69) is 19.2 Å². The topological polar surface area (TPSA) is 21.3 Å². The third-order valence-corrected chi connectivity index (χ3v) is 2.17. The Balaban J connectivity index is 3.23. The van der Waals surface area contributed by atoms with Crippen LogP contribution in [0.5, 0.6) is 0 Å². The van der Waals surface area contributed by atoms with Crippen molar-refractivity contribution in [1.29, 1.82) is 0 Å². The van der Waals surface area contributed by atoms with Crippen LogP contribution in [0.15, 0.2) is 0 Å². The van der Waals surface area contributed by atoms with E-state index in [0.717, 1.165) is 19.7 Å². The number of halogens is 1. The first-order valence-corrected chi connectivity index (χ1v) is 4.41. The maximum absolute atomic E-state index is 5.73. The Kier molecular flexibility index (Phi) is 5.92. The predicted octanol–water partition coefficient (Wildman–Crippen LogP) is 1.49. The van der Waals surface area contributed by atoms with Gasteiger partial charge in [0.05, 0.1) is 6.61 Å². The lowest BCUT2D eigenvalue weighted by Crippen LogP contribution is -2.32. The first-order valence-electron chi connectivity index (χ1n) is 3.88. The summed E-state index contributed by atoms with van der Waals surface area (Å²) in [6.45, 7) is 6.88. The number of ether oxygens (including phenoxy) is 1. The van der Waals surface area contributed by atoms with Gasteiger partial charge >= 0.3 is 0 Å². The van der Waals surface area contributed by atoms with Crippen molar-refractivity contribution in [3.8, 4) is 0 Å². The molecule has 0 saturated carbocycles. The molecule has 0 heterocycles. The van der Waals surface area contributed by atoms with Gasteiger partial charge in [-0.15, -0.1) is 11.6 Å². The molecule has 2 nitrogen and oxygen atoms in total. The summed E-state index contributed by atoms with van der Waals surface area (Å²) >= 11 is 5.73. The summed E-state index contributed by atoms with van der Waals surface area (Å²) in [5.74, 6) is 0.687. The van der Waals surface area contributed by atoms with Crippen LogP contribution in [-0.4, -0.2) is 32.7 Å². The van der Waals surface area contributed by atoms with Gasteiger partial charge in [0.25, 0.3) is 0 Å². The van der Waals surface area contributed by atoms with Crippen LogP contribution in [0.4, 0.5) is 0 Å². The first-order chi connectivity index (χ1) is 5.12. The average molecular weight is 180 g/mol. The Bertz CT molecular complexity index is 96.1. The minimum absolute atomic E-state index is 0.190. The molecule has 3 heteroatoms. The van der Waals surface area contributed by atoms with Crippen molar-refractivity contribution in [3.05, 3.63) is 0 Å². The van der Waals surface area contributed by atoms with Gasteiger partial charge in [-0.3, -0.25) is 0 Å². The smallest absolute Gasteiger partial charge is 0.0587 e. The lowest BCUT2D eigenvalue weighted by atomic mass is 9.97. The molecule has 0 spiro atoms. The van der Waals surface area contributed by atoms with E-state index in [1.54, 1.807) is 7.11 Å². The lowest BCUT2D eigenvalue weighted by molar-refractivity contribution is 0.195. The van der Waals surface area contributed by atoms with E-state index in [1.165, 1.54) is 0 Å². The quantitative estimate of drug-likeness (QED) is 0.493. The molecule has 0 amide bonds. The summed E-state index contributed by atoms with van der Waals surface area (Å²) in [5.41, 5.74) is 0.190. The molecule has 0 radical (unpaired) electrons. The van der Waals surface area contributed by atoms with E-state index in [0.29, 0.717) is 5.88 Å². The van der Waals surface area contributed by atoms with Crippen molar-refractivity contribution in [2.24, 2.45) is 5.41 Å². The molecule has 0 aromatic carbocycles. The number of hydrogen-bond donors (Lipinski definition) is 1. The van der Waals surface area contributed by atoms with Crippen LogP contribution in [0.25, 0.3) is 0 Å². The minimum Gasteiger partial charge on any atom is -0.383 e. The Morgan fingerprint density at radius 3 is 2.55 bits per heavy atom. The Morgan fingerprint density at radius 2 is 2.09 bits per heavy atom. The van der Waals surface area contributed by atoms with E-state index >= 15 is 0 Å². The normalized spacial score (nSPS) is 12.0. The van der Waals surface area contributed by atoms with Crippen molar-refractivity contribution >= 4 is 11.6 Å². The van der Waals surface area contributed by atoms with Crippen LogP contribution >= 0.6 is 11.6 Å². The maximum atomic E-state index is 5.73. The fourth-order valence-corrected chi connectivity index (χ4v) is 0.743. The maximum Gasteiger partial charge on any atom is 0.0587 e. The second-order valence-corrected chi connectivity index (χ2v) is 3.73. The van der Waals surface area contributed by atoms with Crippen molar-refractivity contribution in [2.45, 2.75) is 13.8 Å². The molecule has 1 N–H and O–H groups in total. The number of rotatable bonds is 6. The molecular formula is C8H18ClNO. The molecule has 0 aliphatic heterocycles. The zero-order chi connectivity index (χ0) is 8.74. The monoisotopic (exact) mass is 179 g/mol. The molecule has 0 fully saturated rings. The Morgan fingerprint density at radius 1 is 1.45 bits per heavy atom. The summed E-state index contributed by atoms with van der Waals surface area (Å²) in [7, 11) is 1.70. The minimum atomic E-state index is 0.190. The second kappa shape index (κ2) is 5.81. The zero-order valence-corrected chi connectivity index (χ0v) is 8.37. The Labute approximate surface area is 74.3 Å². The van der Waals surface area contributed by atoms with E-state index in [4.69, 9.17) is 16.3 Å². The summed E-state index contributed by atoms with van der Waals surface area (Å²) in [6.07, 6.45) is 0.